The molecule has 0 bridgehead atoms. The third-order valence-corrected chi connectivity index (χ3v) is 5.24. The number of ether oxygens (including phenoxy) is 2. The fourth-order valence-electron chi connectivity index (χ4n) is 2.67. The zero-order valence-electron chi connectivity index (χ0n) is 15.1. The summed E-state index contributed by atoms with van der Waals surface area (Å²) in [7, 11) is 1.54. The van der Waals surface area contributed by atoms with Gasteiger partial charge in [-0.15, -0.1) is 0 Å². The second-order valence-electron chi connectivity index (χ2n) is 5.69. The molecule has 2 aromatic carbocycles. The van der Waals surface area contributed by atoms with Crippen molar-refractivity contribution in [3.05, 3.63) is 58.5 Å². The number of carbonyl (C=O) groups is 2. The van der Waals surface area contributed by atoms with E-state index < -0.39 is 5.97 Å². The maximum absolute atomic E-state index is 12.9. The Hall–Kier alpha value is -2.84. The van der Waals surface area contributed by atoms with Gasteiger partial charge in [-0.1, -0.05) is 36.1 Å². The topological polar surface area (TPSA) is 78.9 Å². The second kappa shape index (κ2) is 8.45. The van der Waals surface area contributed by atoms with Crippen LogP contribution in [0.15, 0.2) is 47.4 Å². The molecule has 2 aromatic rings. The Kier molecular flexibility index (Phi) is 6.01. The Morgan fingerprint density at radius 1 is 1.29 bits per heavy atom. The highest BCUT2D eigenvalue weighted by Gasteiger charge is 2.33. The summed E-state index contributed by atoms with van der Waals surface area (Å²) in [4.78, 5) is 25.7. The number of aromatic carboxylic acids is 1. The number of thiocarbonyl (C=S) groups is 1. The number of nitrogens with zero attached hydrogens (tertiary/aromatic N) is 1. The van der Waals surface area contributed by atoms with Gasteiger partial charge in [0.1, 0.15) is 11.5 Å². The molecule has 0 aromatic heterocycles. The summed E-state index contributed by atoms with van der Waals surface area (Å²) in [6.07, 6.45) is 1.69. The standard InChI is InChI=1S/C20H17NO5S2/c1-3-26-15-8-7-12(16(11-15)25-2)10-17-18(22)21(20(27)28-17)14-6-4-5-13(9-14)19(23)24/h4-11H,3H2,1-2H3,(H,23,24)/p-1/b17-10-. The molecule has 1 saturated heterocycles. The van der Waals surface area contributed by atoms with E-state index in [-0.39, 0.29) is 11.5 Å². The van der Waals surface area contributed by atoms with Crippen molar-refractivity contribution in [1.29, 1.82) is 0 Å². The molecule has 0 atom stereocenters. The quantitative estimate of drug-likeness (QED) is 0.531. The maximum Gasteiger partial charge on any atom is 0.270 e. The molecule has 144 valence electrons. The van der Waals surface area contributed by atoms with E-state index in [1.54, 1.807) is 37.5 Å². The number of carboxylic acid groups (broad SMARTS) is 1. The number of amides is 1. The van der Waals surface area contributed by atoms with E-state index in [1.165, 1.54) is 23.1 Å². The van der Waals surface area contributed by atoms with Crippen LogP contribution in [-0.2, 0) is 4.79 Å². The van der Waals surface area contributed by atoms with Gasteiger partial charge in [-0.3, -0.25) is 9.69 Å². The van der Waals surface area contributed by atoms with E-state index in [0.29, 0.717) is 38.6 Å². The summed E-state index contributed by atoms with van der Waals surface area (Å²) in [5.74, 6) is -0.415. The highest BCUT2D eigenvalue weighted by atomic mass is 32.2. The number of thioether (sulfide) groups is 1. The molecule has 3 rings (SSSR count). The van der Waals surface area contributed by atoms with Crippen molar-refractivity contribution < 1.29 is 24.2 Å². The fraction of sp³-hybridized carbons (Fsp3) is 0.150. The van der Waals surface area contributed by atoms with Crippen molar-refractivity contribution in [1.82, 2.24) is 0 Å². The lowest BCUT2D eigenvalue weighted by molar-refractivity contribution is -0.255. The first-order valence-corrected chi connectivity index (χ1v) is 9.57. The summed E-state index contributed by atoms with van der Waals surface area (Å²) >= 11 is 6.47. The Morgan fingerprint density at radius 3 is 2.75 bits per heavy atom. The van der Waals surface area contributed by atoms with Crippen molar-refractivity contribution in [3.8, 4) is 11.5 Å². The van der Waals surface area contributed by atoms with Gasteiger partial charge in [0.05, 0.1) is 30.3 Å². The molecule has 1 amide bonds. The SMILES string of the molecule is CCOc1ccc(/C=C2\SC(=S)N(c3cccc(C(=O)[O-])c3)C2=O)c(OC)c1. The first-order chi connectivity index (χ1) is 13.4. The molecule has 0 saturated carbocycles. The van der Waals surface area contributed by atoms with Crippen LogP contribution in [-0.4, -0.2) is 29.9 Å². The molecular weight excluding hydrogens is 398 g/mol. The fourth-order valence-corrected chi connectivity index (χ4v) is 3.96. The van der Waals surface area contributed by atoms with E-state index >= 15 is 0 Å². The minimum Gasteiger partial charge on any atom is -0.545 e. The maximum atomic E-state index is 12.9. The lowest BCUT2D eigenvalue weighted by Gasteiger charge is -2.16. The molecule has 0 unspecified atom stereocenters. The predicted octanol–water partition coefficient (Wildman–Crippen LogP) is 2.86. The van der Waals surface area contributed by atoms with Crippen LogP contribution in [0.2, 0.25) is 0 Å². The highest BCUT2D eigenvalue weighted by molar-refractivity contribution is 8.27. The van der Waals surface area contributed by atoms with Crippen LogP contribution < -0.4 is 19.5 Å². The van der Waals surface area contributed by atoms with Crippen LogP contribution in [0.25, 0.3) is 6.08 Å². The van der Waals surface area contributed by atoms with E-state index in [0.717, 1.165) is 11.8 Å². The highest BCUT2D eigenvalue weighted by Crippen LogP contribution is 2.37. The van der Waals surface area contributed by atoms with Gasteiger partial charge in [0.25, 0.3) is 5.91 Å². The first-order valence-electron chi connectivity index (χ1n) is 8.34. The van der Waals surface area contributed by atoms with Crippen LogP contribution in [0.5, 0.6) is 11.5 Å². The Balaban J connectivity index is 1.93. The molecule has 6 nitrogen and oxygen atoms in total. The first kappa shape index (κ1) is 19.9. The molecular formula is C20H16NO5S2-. The van der Waals surface area contributed by atoms with Crippen molar-refractivity contribution in [3.63, 3.8) is 0 Å². The summed E-state index contributed by atoms with van der Waals surface area (Å²) < 4.78 is 11.2. The number of anilines is 1. The third-order valence-electron chi connectivity index (χ3n) is 3.94. The molecule has 1 aliphatic heterocycles. The van der Waals surface area contributed by atoms with Crippen LogP contribution in [0.4, 0.5) is 5.69 Å². The molecule has 0 spiro atoms. The van der Waals surface area contributed by atoms with Crippen molar-refractivity contribution in [2.75, 3.05) is 18.6 Å². The Morgan fingerprint density at radius 2 is 2.07 bits per heavy atom. The zero-order chi connectivity index (χ0) is 20.3. The minimum absolute atomic E-state index is 0.0243. The van der Waals surface area contributed by atoms with Crippen LogP contribution in [0.1, 0.15) is 22.8 Å². The molecule has 8 heteroatoms. The summed E-state index contributed by atoms with van der Waals surface area (Å²) in [6, 6.07) is 11.3. The predicted molar refractivity (Wildman–Crippen MR) is 111 cm³/mol. The Labute approximate surface area is 171 Å². The van der Waals surface area contributed by atoms with Gasteiger partial charge in [-0.2, -0.15) is 0 Å². The lowest BCUT2D eigenvalue weighted by atomic mass is 10.1. The summed E-state index contributed by atoms with van der Waals surface area (Å²) in [6.45, 7) is 2.42. The monoisotopic (exact) mass is 414 g/mol. The minimum atomic E-state index is -1.32. The van der Waals surface area contributed by atoms with Gasteiger partial charge >= 0.3 is 0 Å². The van der Waals surface area contributed by atoms with Crippen LogP contribution >= 0.6 is 24.0 Å². The number of methoxy groups -OCH3 is 1. The largest absolute Gasteiger partial charge is 0.545 e. The second-order valence-corrected chi connectivity index (χ2v) is 7.37. The van der Waals surface area contributed by atoms with E-state index in [1.807, 2.05) is 6.92 Å². The van der Waals surface area contributed by atoms with Gasteiger partial charge in [-0.25, -0.2) is 0 Å². The van der Waals surface area contributed by atoms with E-state index in [9.17, 15) is 14.7 Å². The number of hydrogen-bond acceptors (Lipinski definition) is 7. The number of hydrogen-bond donors (Lipinski definition) is 0. The van der Waals surface area contributed by atoms with Crippen molar-refractivity contribution >= 4 is 51.9 Å². The lowest BCUT2D eigenvalue weighted by Crippen LogP contribution is -2.28. The number of rotatable bonds is 6. The molecule has 1 aliphatic rings. The van der Waals surface area contributed by atoms with Crippen LogP contribution in [0, 0.1) is 0 Å². The zero-order valence-corrected chi connectivity index (χ0v) is 16.8. The number of carbonyl (C=O) groups excluding carboxylic acids is 2. The molecule has 1 fully saturated rings. The van der Waals surface area contributed by atoms with Gasteiger partial charge < -0.3 is 19.4 Å². The molecule has 28 heavy (non-hydrogen) atoms. The van der Waals surface area contributed by atoms with Gasteiger partial charge in [0.15, 0.2) is 4.32 Å². The molecule has 0 N–H and O–H groups in total. The molecule has 0 radical (unpaired) electrons. The van der Waals surface area contributed by atoms with Gasteiger partial charge in [0, 0.05) is 11.6 Å². The molecule has 0 aliphatic carbocycles. The van der Waals surface area contributed by atoms with Crippen molar-refractivity contribution in [2.24, 2.45) is 0 Å². The summed E-state index contributed by atoms with van der Waals surface area (Å²) in [5.41, 5.74) is 1.06. The smallest absolute Gasteiger partial charge is 0.270 e. The van der Waals surface area contributed by atoms with Gasteiger partial charge in [0.2, 0.25) is 0 Å². The molecule has 1 heterocycles. The summed E-state index contributed by atoms with van der Waals surface area (Å²) in [5, 5.41) is 11.1. The Bertz CT molecular complexity index is 986. The number of carboxylic acids is 1. The van der Waals surface area contributed by atoms with E-state index in [2.05, 4.69) is 0 Å². The van der Waals surface area contributed by atoms with Crippen LogP contribution in [0.3, 0.4) is 0 Å². The number of benzene rings is 2. The normalized spacial score (nSPS) is 15.2. The average Bonchev–Trinajstić information content (AvgIpc) is 2.96. The average molecular weight is 414 g/mol. The van der Waals surface area contributed by atoms with Crippen molar-refractivity contribution in [2.45, 2.75) is 6.92 Å². The van der Waals surface area contributed by atoms with E-state index in [4.69, 9.17) is 21.7 Å². The third kappa shape index (κ3) is 4.02. The van der Waals surface area contributed by atoms with Gasteiger partial charge in [-0.05, 0) is 42.8 Å².